The lowest BCUT2D eigenvalue weighted by Crippen LogP contribution is -2.31. The van der Waals surface area contributed by atoms with Crippen molar-refractivity contribution in [3.05, 3.63) is 52.1 Å². The number of rotatable bonds is 7. The Morgan fingerprint density at radius 1 is 1.43 bits per heavy atom. The number of carbonyl (C=O) groups is 1. The van der Waals surface area contributed by atoms with E-state index in [4.69, 9.17) is 4.42 Å². The molecule has 2 aromatic heterocycles. The zero-order valence-electron chi connectivity index (χ0n) is 12.8. The van der Waals surface area contributed by atoms with Gasteiger partial charge in [-0.25, -0.2) is 13.2 Å². The Hall–Kier alpha value is -1.90. The van der Waals surface area contributed by atoms with Crippen LogP contribution in [0.3, 0.4) is 0 Å². The standard InChI is InChI=1S/C15H17NO5S2/c1-4-7-16(9-12-6-5-8-22-12)23(19,20)14-11(3)21-10(2)13(14)15(17)18/h4-6,8H,1,7,9H2,2-3H3,(H,17,18). The first kappa shape index (κ1) is 17.5. The first-order chi connectivity index (χ1) is 10.8. The molecule has 0 spiro atoms. The van der Waals surface area contributed by atoms with E-state index in [0.29, 0.717) is 0 Å². The third kappa shape index (κ3) is 3.39. The lowest BCUT2D eigenvalue weighted by molar-refractivity contribution is 0.0691. The van der Waals surface area contributed by atoms with E-state index in [9.17, 15) is 18.3 Å². The molecular weight excluding hydrogens is 338 g/mol. The van der Waals surface area contributed by atoms with Gasteiger partial charge < -0.3 is 9.52 Å². The summed E-state index contributed by atoms with van der Waals surface area (Å²) >= 11 is 1.43. The van der Waals surface area contributed by atoms with Crippen LogP contribution < -0.4 is 0 Å². The molecule has 23 heavy (non-hydrogen) atoms. The van der Waals surface area contributed by atoms with Crippen molar-refractivity contribution in [1.29, 1.82) is 0 Å². The molecule has 0 aliphatic carbocycles. The van der Waals surface area contributed by atoms with Crippen molar-refractivity contribution >= 4 is 27.3 Å². The van der Waals surface area contributed by atoms with Gasteiger partial charge in [0.05, 0.1) is 0 Å². The number of thiophene rings is 1. The number of aromatic carboxylic acids is 1. The summed E-state index contributed by atoms with van der Waals surface area (Å²) in [6.07, 6.45) is 1.47. The topological polar surface area (TPSA) is 87.8 Å². The van der Waals surface area contributed by atoms with Gasteiger partial charge >= 0.3 is 5.97 Å². The van der Waals surface area contributed by atoms with E-state index in [-0.39, 0.29) is 35.1 Å². The average molecular weight is 355 g/mol. The van der Waals surface area contributed by atoms with Crippen LogP contribution in [0.15, 0.2) is 39.5 Å². The summed E-state index contributed by atoms with van der Waals surface area (Å²) in [5.74, 6) is -1.18. The number of hydrogen-bond donors (Lipinski definition) is 1. The number of furan rings is 1. The molecule has 8 heteroatoms. The second kappa shape index (κ2) is 6.69. The Kier molecular flexibility index (Phi) is 5.08. The molecule has 2 aromatic rings. The van der Waals surface area contributed by atoms with E-state index >= 15 is 0 Å². The number of carboxylic acids is 1. The highest BCUT2D eigenvalue weighted by Gasteiger charge is 2.34. The monoisotopic (exact) mass is 355 g/mol. The lowest BCUT2D eigenvalue weighted by atomic mass is 10.2. The maximum Gasteiger partial charge on any atom is 0.340 e. The number of aryl methyl sites for hydroxylation is 2. The third-order valence-corrected chi connectivity index (χ3v) is 6.09. The second-order valence-corrected chi connectivity index (χ2v) is 7.80. The van der Waals surface area contributed by atoms with Crippen LogP contribution in [0.2, 0.25) is 0 Å². The zero-order chi connectivity index (χ0) is 17.2. The van der Waals surface area contributed by atoms with Crippen LogP contribution >= 0.6 is 11.3 Å². The van der Waals surface area contributed by atoms with E-state index in [1.807, 2.05) is 17.5 Å². The second-order valence-electron chi connectivity index (χ2n) is 4.89. The first-order valence-corrected chi connectivity index (χ1v) is 9.07. The maximum absolute atomic E-state index is 13.0. The minimum absolute atomic E-state index is 0.0696. The van der Waals surface area contributed by atoms with Crippen molar-refractivity contribution in [2.75, 3.05) is 6.54 Å². The predicted molar refractivity (Wildman–Crippen MR) is 87.3 cm³/mol. The lowest BCUT2D eigenvalue weighted by Gasteiger charge is -2.20. The zero-order valence-corrected chi connectivity index (χ0v) is 14.4. The molecule has 0 radical (unpaired) electrons. The molecule has 1 N–H and O–H groups in total. The van der Waals surface area contributed by atoms with Crippen LogP contribution in [0.4, 0.5) is 0 Å². The molecule has 0 amide bonds. The summed E-state index contributed by atoms with van der Waals surface area (Å²) in [7, 11) is -4.03. The van der Waals surface area contributed by atoms with Gasteiger partial charge in [0.25, 0.3) is 0 Å². The van der Waals surface area contributed by atoms with Gasteiger partial charge in [0.1, 0.15) is 22.0 Å². The fourth-order valence-electron chi connectivity index (χ4n) is 2.32. The number of sulfonamides is 1. The van der Waals surface area contributed by atoms with Crippen molar-refractivity contribution in [3.63, 3.8) is 0 Å². The van der Waals surface area contributed by atoms with Crippen LogP contribution in [0, 0.1) is 13.8 Å². The minimum Gasteiger partial charge on any atom is -0.478 e. The van der Waals surface area contributed by atoms with Gasteiger partial charge in [0.2, 0.25) is 10.0 Å². The maximum atomic E-state index is 13.0. The highest BCUT2D eigenvalue weighted by molar-refractivity contribution is 7.89. The number of hydrogen-bond acceptors (Lipinski definition) is 5. The molecule has 0 aliphatic rings. The van der Waals surface area contributed by atoms with Crippen molar-refractivity contribution in [3.8, 4) is 0 Å². The Morgan fingerprint density at radius 3 is 2.65 bits per heavy atom. The normalized spacial score (nSPS) is 11.8. The molecule has 6 nitrogen and oxygen atoms in total. The van der Waals surface area contributed by atoms with Crippen molar-refractivity contribution in [2.24, 2.45) is 0 Å². The molecule has 0 aromatic carbocycles. The van der Waals surface area contributed by atoms with Gasteiger partial charge in [-0.2, -0.15) is 4.31 Å². The van der Waals surface area contributed by atoms with Gasteiger partial charge in [0, 0.05) is 18.0 Å². The van der Waals surface area contributed by atoms with Crippen LogP contribution in [0.5, 0.6) is 0 Å². The van der Waals surface area contributed by atoms with E-state index in [1.54, 1.807) is 0 Å². The molecule has 0 saturated heterocycles. The molecule has 0 aliphatic heterocycles. The largest absolute Gasteiger partial charge is 0.478 e. The molecule has 0 atom stereocenters. The highest BCUT2D eigenvalue weighted by atomic mass is 32.2. The van der Waals surface area contributed by atoms with Crippen LogP contribution in [-0.4, -0.2) is 30.3 Å². The fraction of sp³-hybridized carbons (Fsp3) is 0.267. The van der Waals surface area contributed by atoms with Crippen molar-refractivity contribution in [2.45, 2.75) is 25.3 Å². The molecule has 0 unspecified atom stereocenters. The fourth-order valence-corrected chi connectivity index (χ4v) is 4.88. The van der Waals surface area contributed by atoms with Gasteiger partial charge in [-0.15, -0.1) is 17.9 Å². The number of nitrogens with zero attached hydrogens (tertiary/aromatic N) is 1. The Bertz CT molecular complexity index is 818. The Balaban J connectivity index is 2.54. The third-order valence-electron chi connectivity index (χ3n) is 3.26. The van der Waals surface area contributed by atoms with Gasteiger partial charge in [-0.1, -0.05) is 12.1 Å². The minimum atomic E-state index is -4.03. The average Bonchev–Trinajstić information content (AvgIpc) is 3.05. The first-order valence-electron chi connectivity index (χ1n) is 6.75. The number of carboxylic acid groups (broad SMARTS) is 1. The van der Waals surface area contributed by atoms with Crippen molar-refractivity contribution < 1.29 is 22.7 Å². The van der Waals surface area contributed by atoms with Gasteiger partial charge in [-0.05, 0) is 25.3 Å². The summed E-state index contributed by atoms with van der Waals surface area (Å²) < 4.78 is 32.4. The van der Waals surface area contributed by atoms with Gasteiger partial charge in [0.15, 0.2) is 0 Å². The quantitative estimate of drug-likeness (QED) is 0.771. The van der Waals surface area contributed by atoms with Crippen LogP contribution in [-0.2, 0) is 16.6 Å². The smallest absolute Gasteiger partial charge is 0.340 e. The SMILES string of the molecule is C=CCN(Cc1cccs1)S(=O)(=O)c1c(C)oc(C)c1C(=O)O. The van der Waals surface area contributed by atoms with E-state index in [2.05, 4.69) is 6.58 Å². The van der Waals surface area contributed by atoms with E-state index < -0.39 is 16.0 Å². The highest BCUT2D eigenvalue weighted by Crippen LogP contribution is 2.30. The van der Waals surface area contributed by atoms with Crippen molar-refractivity contribution in [1.82, 2.24) is 4.31 Å². The Labute approximate surface area is 138 Å². The molecule has 0 fully saturated rings. The predicted octanol–water partition coefficient (Wildman–Crippen LogP) is 3.03. The van der Waals surface area contributed by atoms with Crippen LogP contribution in [0.1, 0.15) is 26.8 Å². The summed E-state index contributed by atoms with van der Waals surface area (Å²) in [4.78, 5) is 12.0. The summed E-state index contributed by atoms with van der Waals surface area (Å²) in [5.41, 5.74) is -0.317. The Morgan fingerprint density at radius 2 is 2.13 bits per heavy atom. The molecule has 0 bridgehead atoms. The molecule has 0 saturated carbocycles. The van der Waals surface area contributed by atoms with Crippen LogP contribution in [0.25, 0.3) is 0 Å². The van der Waals surface area contributed by atoms with E-state index in [0.717, 1.165) is 4.88 Å². The molecule has 2 rings (SSSR count). The molecule has 2 heterocycles. The summed E-state index contributed by atoms with van der Waals surface area (Å²) in [6.45, 7) is 6.68. The summed E-state index contributed by atoms with van der Waals surface area (Å²) in [5, 5.41) is 11.2. The van der Waals surface area contributed by atoms with E-state index in [1.165, 1.54) is 35.6 Å². The molecular formula is C15H17NO5S2. The molecule has 124 valence electrons. The van der Waals surface area contributed by atoms with Gasteiger partial charge in [-0.3, -0.25) is 0 Å². The summed E-state index contributed by atoms with van der Waals surface area (Å²) in [6, 6.07) is 3.65.